The van der Waals surface area contributed by atoms with Crippen LogP contribution in [0.1, 0.15) is 37.3 Å². The summed E-state index contributed by atoms with van der Waals surface area (Å²) in [4.78, 5) is 14.2. The monoisotopic (exact) mass is 319 g/mol. The molecule has 0 bridgehead atoms. The summed E-state index contributed by atoms with van der Waals surface area (Å²) < 4.78 is 0. The van der Waals surface area contributed by atoms with Gasteiger partial charge in [0.1, 0.15) is 0 Å². The molecule has 0 radical (unpaired) electrons. The summed E-state index contributed by atoms with van der Waals surface area (Å²) in [5.41, 5.74) is 1.20. The van der Waals surface area contributed by atoms with Gasteiger partial charge < -0.3 is 20.6 Å². The molecule has 0 spiro atoms. The van der Waals surface area contributed by atoms with Crippen LogP contribution in [0.5, 0.6) is 0 Å². The average Bonchev–Trinajstić information content (AvgIpc) is 2.56. The Morgan fingerprint density at radius 2 is 1.87 bits per heavy atom. The molecule has 1 unspecified atom stereocenters. The van der Waals surface area contributed by atoms with E-state index in [9.17, 15) is 4.79 Å². The number of aliphatic hydroxyl groups excluding tert-OH is 1. The molecule has 1 aliphatic carbocycles. The number of aliphatic hydroxyl groups is 1. The van der Waals surface area contributed by atoms with Crippen LogP contribution in [0, 0.1) is 5.92 Å². The summed E-state index contributed by atoms with van der Waals surface area (Å²) >= 11 is 0. The first-order valence-corrected chi connectivity index (χ1v) is 8.46. The van der Waals surface area contributed by atoms with E-state index in [0.717, 1.165) is 25.7 Å². The van der Waals surface area contributed by atoms with E-state index in [1.807, 2.05) is 32.3 Å². The summed E-state index contributed by atoms with van der Waals surface area (Å²) in [7, 11) is 4.04. The Bertz CT molecular complexity index is 470. The largest absolute Gasteiger partial charge is 0.396 e. The molecule has 0 aromatic heterocycles. The van der Waals surface area contributed by atoms with Crippen molar-refractivity contribution in [1.29, 1.82) is 0 Å². The molecule has 23 heavy (non-hydrogen) atoms. The van der Waals surface area contributed by atoms with Crippen LogP contribution < -0.4 is 10.6 Å². The van der Waals surface area contributed by atoms with Crippen LogP contribution in [0.15, 0.2) is 30.3 Å². The van der Waals surface area contributed by atoms with Gasteiger partial charge in [0.25, 0.3) is 0 Å². The molecular weight excluding hydrogens is 290 g/mol. The lowest BCUT2D eigenvalue weighted by Crippen LogP contribution is -2.46. The molecule has 0 saturated heterocycles. The lowest BCUT2D eigenvalue weighted by atomic mass is 9.87. The van der Waals surface area contributed by atoms with Gasteiger partial charge in [-0.2, -0.15) is 0 Å². The number of carbonyl (C=O) groups is 1. The van der Waals surface area contributed by atoms with Crippen molar-refractivity contribution in [1.82, 2.24) is 15.5 Å². The first kappa shape index (κ1) is 17.8. The van der Waals surface area contributed by atoms with Crippen molar-refractivity contribution in [2.45, 2.75) is 37.8 Å². The summed E-state index contributed by atoms with van der Waals surface area (Å²) in [6.07, 6.45) is 3.89. The van der Waals surface area contributed by atoms with Crippen LogP contribution in [-0.4, -0.2) is 49.3 Å². The SMILES string of the molecule is CN(C)C(CNC(=O)NC1CCC(CO)CC1)c1ccccc1. The van der Waals surface area contributed by atoms with Gasteiger partial charge in [0.2, 0.25) is 0 Å². The number of rotatable bonds is 6. The van der Waals surface area contributed by atoms with E-state index in [1.54, 1.807) is 0 Å². The standard InChI is InChI=1S/C18H29N3O2/c1-21(2)17(15-6-4-3-5-7-15)12-19-18(23)20-16-10-8-14(13-22)9-11-16/h3-7,14,16-17,22H,8-13H2,1-2H3,(H2,19,20,23). The van der Waals surface area contributed by atoms with E-state index in [0.29, 0.717) is 12.5 Å². The highest BCUT2D eigenvalue weighted by atomic mass is 16.3. The average molecular weight is 319 g/mol. The number of nitrogens with zero attached hydrogens (tertiary/aromatic N) is 1. The molecule has 1 aromatic carbocycles. The van der Waals surface area contributed by atoms with Crippen LogP contribution >= 0.6 is 0 Å². The zero-order valence-electron chi connectivity index (χ0n) is 14.2. The lowest BCUT2D eigenvalue weighted by molar-refractivity contribution is 0.174. The Morgan fingerprint density at radius 3 is 2.43 bits per heavy atom. The van der Waals surface area contributed by atoms with Gasteiger partial charge in [0, 0.05) is 19.2 Å². The minimum atomic E-state index is -0.0970. The number of likely N-dealkylation sites (N-methyl/N-ethyl adjacent to an activating group) is 1. The van der Waals surface area contributed by atoms with Crippen molar-refractivity contribution >= 4 is 6.03 Å². The molecule has 2 amide bonds. The fourth-order valence-electron chi connectivity index (χ4n) is 3.19. The summed E-state index contributed by atoms with van der Waals surface area (Å²) in [6.45, 7) is 0.843. The van der Waals surface area contributed by atoms with Crippen LogP contribution in [0.4, 0.5) is 4.79 Å². The Balaban J connectivity index is 1.78. The third-order valence-corrected chi connectivity index (χ3v) is 4.70. The number of nitrogens with one attached hydrogen (secondary N) is 2. The molecule has 5 nitrogen and oxygen atoms in total. The van der Waals surface area contributed by atoms with Crippen molar-refractivity contribution in [3.63, 3.8) is 0 Å². The first-order valence-electron chi connectivity index (χ1n) is 8.46. The molecular formula is C18H29N3O2. The third kappa shape index (κ3) is 5.52. The number of hydrogen-bond donors (Lipinski definition) is 3. The van der Waals surface area contributed by atoms with E-state index >= 15 is 0 Å². The Labute approximate surface area is 139 Å². The second kappa shape index (κ2) is 8.89. The van der Waals surface area contributed by atoms with Crippen molar-refractivity contribution in [2.75, 3.05) is 27.2 Å². The van der Waals surface area contributed by atoms with E-state index < -0.39 is 0 Å². The normalized spacial score (nSPS) is 22.6. The van der Waals surface area contributed by atoms with Gasteiger partial charge in [-0.05, 0) is 51.3 Å². The lowest BCUT2D eigenvalue weighted by Gasteiger charge is -2.29. The molecule has 128 valence electrons. The Hall–Kier alpha value is -1.59. The summed E-state index contributed by atoms with van der Waals surface area (Å²) in [6, 6.07) is 10.5. The molecule has 2 rings (SSSR count). The van der Waals surface area contributed by atoms with E-state index in [2.05, 4.69) is 27.7 Å². The van der Waals surface area contributed by atoms with Crippen LogP contribution in [0.3, 0.4) is 0 Å². The minimum Gasteiger partial charge on any atom is -0.396 e. The third-order valence-electron chi connectivity index (χ3n) is 4.70. The number of amides is 2. The minimum absolute atomic E-state index is 0.0970. The summed E-state index contributed by atoms with van der Waals surface area (Å²) in [5.74, 6) is 0.410. The fourth-order valence-corrected chi connectivity index (χ4v) is 3.19. The predicted octanol–water partition coefficient (Wildman–Crippen LogP) is 2.14. The summed E-state index contributed by atoms with van der Waals surface area (Å²) in [5, 5.41) is 15.2. The van der Waals surface area contributed by atoms with Crippen molar-refractivity contribution in [3.8, 4) is 0 Å². The maximum absolute atomic E-state index is 12.1. The van der Waals surface area contributed by atoms with Gasteiger partial charge in [0.05, 0.1) is 6.04 Å². The second-order valence-corrected chi connectivity index (χ2v) is 6.64. The van der Waals surface area contributed by atoms with Crippen LogP contribution in [0.25, 0.3) is 0 Å². The Morgan fingerprint density at radius 1 is 1.22 bits per heavy atom. The zero-order chi connectivity index (χ0) is 16.7. The van der Waals surface area contributed by atoms with E-state index in [-0.39, 0.29) is 24.7 Å². The van der Waals surface area contributed by atoms with Gasteiger partial charge in [0.15, 0.2) is 0 Å². The number of carbonyl (C=O) groups excluding carboxylic acids is 1. The molecule has 5 heteroatoms. The first-order chi connectivity index (χ1) is 11.1. The van der Waals surface area contributed by atoms with Gasteiger partial charge in [-0.3, -0.25) is 0 Å². The maximum atomic E-state index is 12.1. The van der Waals surface area contributed by atoms with Gasteiger partial charge >= 0.3 is 6.03 Å². The molecule has 0 aliphatic heterocycles. The van der Waals surface area contributed by atoms with Gasteiger partial charge in [-0.15, -0.1) is 0 Å². The fraction of sp³-hybridized carbons (Fsp3) is 0.611. The van der Waals surface area contributed by atoms with Crippen LogP contribution in [-0.2, 0) is 0 Å². The highest BCUT2D eigenvalue weighted by Gasteiger charge is 2.22. The van der Waals surface area contributed by atoms with Crippen molar-refractivity contribution in [3.05, 3.63) is 35.9 Å². The van der Waals surface area contributed by atoms with Crippen molar-refractivity contribution < 1.29 is 9.90 Å². The molecule has 0 heterocycles. The predicted molar refractivity (Wildman–Crippen MR) is 92.2 cm³/mol. The number of hydrogen-bond acceptors (Lipinski definition) is 3. The van der Waals surface area contributed by atoms with Crippen molar-refractivity contribution in [2.24, 2.45) is 5.92 Å². The van der Waals surface area contributed by atoms with E-state index in [4.69, 9.17) is 5.11 Å². The zero-order valence-corrected chi connectivity index (χ0v) is 14.2. The number of benzene rings is 1. The molecule has 1 aromatic rings. The number of urea groups is 1. The van der Waals surface area contributed by atoms with Crippen LogP contribution in [0.2, 0.25) is 0 Å². The molecule has 1 saturated carbocycles. The topological polar surface area (TPSA) is 64.6 Å². The Kier molecular flexibility index (Phi) is 6.86. The van der Waals surface area contributed by atoms with E-state index in [1.165, 1.54) is 5.56 Å². The van der Waals surface area contributed by atoms with Gasteiger partial charge in [-0.25, -0.2) is 4.79 Å². The maximum Gasteiger partial charge on any atom is 0.315 e. The molecule has 1 atom stereocenters. The quantitative estimate of drug-likeness (QED) is 0.753. The highest BCUT2D eigenvalue weighted by molar-refractivity contribution is 5.74. The highest BCUT2D eigenvalue weighted by Crippen LogP contribution is 2.23. The molecule has 3 N–H and O–H groups in total. The molecule has 1 aliphatic rings. The smallest absolute Gasteiger partial charge is 0.315 e. The molecule has 1 fully saturated rings. The van der Waals surface area contributed by atoms with Gasteiger partial charge in [-0.1, -0.05) is 30.3 Å². The second-order valence-electron chi connectivity index (χ2n) is 6.64.